The van der Waals surface area contributed by atoms with Gasteiger partial charge in [0.05, 0.1) is 4.75 Å². The van der Waals surface area contributed by atoms with Gasteiger partial charge < -0.3 is 20.5 Å². The number of carbonyl (C=O) groups excluding carboxylic acids is 2. The highest BCUT2D eigenvalue weighted by Crippen LogP contribution is 2.48. The number of β-lactam (4-membered cyclic amide) rings is 1. The second-order valence-electron chi connectivity index (χ2n) is 6.05. The summed E-state index contributed by atoms with van der Waals surface area (Å²) in [7, 11) is -3.91. The van der Waals surface area contributed by atoms with Gasteiger partial charge in [0, 0.05) is 0 Å². The van der Waals surface area contributed by atoms with Crippen LogP contribution in [0, 0.1) is 5.92 Å². The summed E-state index contributed by atoms with van der Waals surface area (Å²) in [4.78, 5) is 35.6. The Labute approximate surface area is 127 Å². The number of hydrogen-bond donors (Lipinski definition) is 2. The molecule has 9 nitrogen and oxygen atoms in total. The Balaban J connectivity index is 2.27. The lowest BCUT2D eigenvalue weighted by molar-refractivity contribution is -0.169. The van der Waals surface area contributed by atoms with Crippen LogP contribution in [0.5, 0.6) is 0 Å². The molecule has 0 saturated carbocycles. The molecule has 0 radical (unpaired) electrons. The molecule has 0 aromatic carbocycles. The van der Waals surface area contributed by atoms with E-state index in [0.717, 1.165) is 4.90 Å². The summed E-state index contributed by atoms with van der Waals surface area (Å²) in [5.74, 6) is -3.87. The zero-order valence-corrected chi connectivity index (χ0v) is 13.2. The number of carboxylic acid groups (broad SMARTS) is 1. The molecule has 0 spiro atoms. The predicted octanol–water partition coefficient (Wildman–Crippen LogP) is -1.68. The number of rotatable bonds is 4. The molecule has 0 unspecified atom stereocenters. The monoisotopic (exact) mass is 334 g/mol. The van der Waals surface area contributed by atoms with Gasteiger partial charge in [0.2, 0.25) is 5.91 Å². The van der Waals surface area contributed by atoms with Crippen molar-refractivity contribution >= 4 is 27.7 Å². The number of nitrogens with two attached hydrogens (primary N) is 1. The molecule has 0 bridgehead atoms. The van der Waals surface area contributed by atoms with Gasteiger partial charge in [0.1, 0.15) is 24.6 Å². The van der Waals surface area contributed by atoms with Crippen molar-refractivity contribution in [3.05, 3.63) is 0 Å². The van der Waals surface area contributed by atoms with E-state index < -0.39 is 62.4 Å². The molecule has 10 heteroatoms. The molecule has 2 fully saturated rings. The maximum absolute atomic E-state index is 12.5. The summed E-state index contributed by atoms with van der Waals surface area (Å²) in [5, 5.41) is 7.96. The Morgan fingerprint density at radius 2 is 2.00 bits per heavy atom. The van der Waals surface area contributed by atoms with Crippen LogP contribution in [-0.2, 0) is 29.0 Å². The van der Waals surface area contributed by atoms with Crippen LogP contribution < -0.4 is 5.73 Å². The van der Waals surface area contributed by atoms with Gasteiger partial charge in [-0.25, -0.2) is 13.2 Å². The molecule has 1 amide bonds. The maximum atomic E-state index is 12.5. The highest BCUT2D eigenvalue weighted by atomic mass is 32.2. The van der Waals surface area contributed by atoms with Crippen LogP contribution in [0.25, 0.3) is 0 Å². The summed E-state index contributed by atoms with van der Waals surface area (Å²) in [6.45, 7) is 3.52. The minimum Gasteiger partial charge on any atom is -0.480 e. The Kier molecular flexibility index (Phi) is 3.73. The van der Waals surface area contributed by atoms with Crippen molar-refractivity contribution in [2.75, 3.05) is 6.61 Å². The number of carbonyl (C=O) groups is 3. The van der Waals surface area contributed by atoms with Crippen LogP contribution in [0.4, 0.5) is 0 Å². The van der Waals surface area contributed by atoms with Crippen molar-refractivity contribution in [2.45, 2.75) is 43.0 Å². The second-order valence-corrected chi connectivity index (χ2v) is 8.68. The van der Waals surface area contributed by atoms with E-state index in [2.05, 4.69) is 0 Å². The lowest BCUT2D eigenvalue weighted by Gasteiger charge is -2.42. The Morgan fingerprint density at radius 3 is 2.45 bits per heavy atom. The normalized spacial score (nSPS) is 32.8. The third kappa shape index (κ3) is 2.01. The summed E-state index contributed by atoms with van der Waals surface area (Å²) in [6, 6.07) is -2.34. The highest BCUT2D eigenvalue weighted by Gasteiger charge is 2.72. The first-order chi connectivity index (χ1) is 9.94. The van der Waals surface area contributed by atoms with Crippen LogP contribution >= 0.6 is 0 Å². The Bertz CT molecular complexity index is 640. The molecule has 124 valence electrons. The van der Waals surface area contributed by atoms with Crippen LogP contribution in [-0.4, -0.2) is 65.1 Å². The van der Waals surface area contributed by atoms with Crippen molar-refractivity contribution in [2.24, 2.45) is 11.7 Å². The predicted molar refractivity (Wildman–Crippen MR) is 73.2 cm³/mol. The Hall–Kier alpha value is -1.68. The fourth-order valence-electron chi connectivity index (χ4n) is 2.87. The number of ether oxygens (including phenoxy) is 1. The zero-order valence-electron chi connectivity index (χ0n) is 12.3. The van der Waals surface area contributed by atoms with Gasteiger partial charge in [-0.05, 0) is 20.8 Å². The first-order valence-electron chi connectivity index (χ1n) is 6.65. The molecular formula is C12H18N2O7S. The van der Waals surface area contributed by atoms with Gasteiger partial charge in [-0.2, -0.15) is 0 Å². The van der Waals surface area contributed by atoms with E-state index in [9.17, 15) is 27.9 Å². The third-order valence-electron chi connectivity index (χ3n) is 4.19. The summed E-state index contributed by atoms with van der Waals surface area (Å²) in [6.07, 6.45) is 0. The molecular weight excluding hydrogens is 316 g/mol. The highest BCUT2D eigenvalue weighted by molar-refractivity contribution is 7.93. The minimum atomic E-state index is -3.91. The molecule has 2 heterocycles. The van der Waals surface area contributed by atoms with Crippen LogP contribution in [0.2, 0.25) is 0 Å². The van der Waals surface area contributed by atoms with Crippen molar-refractivity contribution in [3.8, 4) is 0 Å². The quantitative estimate of drug-likeness (QED) is 0.458. The number of esters is 1. The van der Waals surface area contributed by atoms with Crippen molar-refractivity contribution in [1.29, 1.82) is 0 Å². The Morgan fingerprint density at radius 1 is 1.45 bits per heavy atom. The van der Waals surface area contributed by atoms with E-state index in [-0.39, 0.29) is 0 Å². The molecule has 22 heavy (non-hydrogen) atoms. The van der Waals surface area contributed by atoms with Gasteiger partial charge in [-0.3, -0.25) is 9.59 Å². The van der Waals surface area contributed by atoms with Crippen LogP contribution in [0.15, 0.2) is 0 Å². The topological polar surface area (TPSA) is 144 Å². The van der Waals surface area contributed by atoms with Crippen LogP contribution in [0.1, 0.15) is 20.8 Å². The van der Waals surface area contributed by atoms with Crippen molar-refractivity contribution < 1.29 is 32.6 Å². The zero-order chi connectivity index (χ0) is 17.0. The van der Waals surface area contributed by atoms with E-state index in [4.69, 9.17) is 10.5 Å². The van der Waals surface area contributed by atoms with E-state index in [1.807, 2.05) is 0 Å². The summed E-state index contributed by atoms with van der Waals surface area (Å²) >= 11 is 0. The smallest absolute Gasteiger partial charge is 0.328 e. The first kappa shape index (κ1) is 16.7. The van der Waals surface area contributed by atoms with Gasteiger partial charge in [-0.1, -0.05) is 0 Å². The molecule has 4 atom stereocenters. The van der Waals surface area contributed by atoms with E-state index in [1.54, 1.807) is 0 Å². The largest absolute Gasteiger partial charge is 0.480 e. The molecule has 2 aliphatic rings. The van der Waals surface area contributed by atoms with Gasteiger partial charge in [0.15, 0.2) is 15.2 Å². The molecule has 0 aromatic heterocycles. The average molecular weight is 334 g/mol. The standard InChI is InChI=1S/C12H18N2O7S/c1-5(13)11(18)21-4-6-8(15)14-7(10(16)17)12(2,3)22(19,20)9(6)14/h5-7,9H,4,13H2,1-3H3,(H,16,17)/t5-,6-,7+,9-/m1/s1. The molecule has 3 N–H and O–H groups in total. The van der Waals surface area contributed by atoms with Crippen molar-refractivity contribution in [1.82, 2.24) is 4.90 Å². The van der Waals surface area contributed by atoms with Gasteiger partial charge >= 0.3 is 11.9 Å². The third-order valence-corrected chi connectivity index (χ3v) is 7.07. The molecule has 2 rings (SSSR count). The molecule has 0 aliphatic carbocycles. The van der Waals surface area contributed by atoms with Crippen LogP contribution in [0.3, 0.4) is 0 Å². The summed E-state index contributed by atoms with van der Waals surface area (Å²) < 4.78 is 28.2. The fourth-order valence-corrected chi connectivity index (χ4v) is 5.17. The van der Waals surface area contributed by atoms with E-state index in [0.29, 0.717) is 0 Å². The average Bonchev–Trinajstić information content (AvgIpc) is 2.52. The lowest BCUT2D eigenvalue weighted by atomic mass is 9.92. The number of fused-ring (bicyclic) bond motifs is 1. The number of hydrogen-bond acceptors (Lipinski definition) is 7. The number of aliphatic carboxylic acids is 1. The van der Waals surface area contributed by atoms with Gasteiger partial charge in [0.25, 0.3) is 0 Å². The van der Waals surface area contributed by atoms with E-state index in [1.165, 1.54) is 20.8 Å². The van der Waals surface area contributed by atoms with E-state index >= 15 is 0 Å². The summed E-state index contributed by atoms with van der Waals surface area (Å²) in [5.41, 5.74) is 5.32. The maximum Gasteiger partial charge on any atom is 0.328 e. The second kappa shape index (κ2) is 4.92. The molecule has 0 aromatic rings. The molecule has 2 saturated heterocycles. The number of sulfone groups is 1. The SMILES string of the molecule is C[C@@H](N)C(=O)OC[C@@H]1C(=O)N2[C@@H](C(=O)O)C(C)(C)S(=O)(=O)[C@H]12. The lowest BCUT2D eigenvalue weighted by Crippen LogP contribution is -2.64. The van der Waals surface area contributed by atoms with Gasteiger partial charge in [-0.15, -0.1) is 0 Å². The number of carboxylic acids is 1. The fraction of sp³-hybridized carbons (Fsp3) is 0.750. The van der Waals surface area contributed by atoms with Crippen molar-refractivity contribution in [3.63, 3.8) is 0 Å². The number of nitrogens with zero attached hydrogens (tertiary/aromatic N) is 1. The first-order valence-corrected chi connectivity index (χ1v) is 8.20. The number of amides is 1. The molecule has 2 aliphatic heterocycles. The minimum absolute atomic E-state index is 0.429.